The number of carbonyl (C=O) groups excluding carboxylic acids is 1. The number of hydrogen-bond acceptors (Lipinski definition) is 5. The molecule has 1 aliphatic heterocycles. The molecule has 1 aromatic carbocycles. The number of nitrogens with zero attached hydrogens (tertiary/aromatic N) is 3. The van der Waals surface area contributed by atoms with Gasteiger partial charge in [-0.05, 0) is 43.5 Å². The van der Waals surface area contributed by atoms with Gasteiger partial charge in [-0.15, -0.1) is 0 Å². The van der Waals surface area contributed by atoms with Gasteiger partial charge >= 0.3 is 5.63 Å². The molecule has 0 unspecified atom stereocenters. The number of hydrogen-bond donors (Lipinski definition) is 0. The van der Waals surface area contributed by atoms with Crippen LogP contribution in [0.4, 0.5) is 0 Å². The summed E-state index contributed by atoms with van der Waals surface area (Å²) in [5.41, 5.74) is 2.18. The number of piperazine rings is 1. The maximum absolute atomic E-state index is 12.3. The van der Waals surface area contributed by atoms with Gasteiger partial charge in [0, 0.05) is 62.3 Å². The zero-order valence-electron chi connectivity index (χ0n) is 17.5. The number of rotatable bonds is 7. The minimum absolute atomic E-state index is 0.191. The van der Waals surface area contributed by atoms with Gasteiger partial charge in [0.1, 0.15) is 5.58 Å². The second kappa shape index (κ2) is 9.74. The van der Waals surface area contributed by atoms with Gasteiger partial charge in [-0.2, -0.15) is 0 Å². The Morgan fingerprint density at radius 1 is 1.03 bits per heavy atom. The molecule has 29 heavy (non-hydrogen) atoms. The van der Waals surface area contributed by atoms with E-state index in [-0.39, 0.29) is 11.5 Å². The van der Waals surface area contributed by atoms with Crippen LogP contribution in [0.3, 0.4) is 0 Å². The number of likely N-dealkylation sites (N-methyl/N-ethyl adjacent to an activating group) is 1. The Hall–Kier alpha value is -1.89. The van der Waals surface area contributed by atoms with Crippen molar-refractivity contribution < 1.29 is 9.21 Å². The van der Waals surface area contributed by atoms with Crippen molar-refractivity contribution in [1.82, 2.24) is 14.7 Å². The molecule has 1 saturated heterocycles. The van der Waals surface area contributed by atoms with E-state index in [0.717, 1.165) is 62.2 Å². The third kappa shape index (κ3) is 5.18. The van der Waals surface area contributed by atoms with E-state index in [4.69, 9.17) is 16.0 Å². The highest BCUT2D eigenvalue weighted by Gasteiger charge is 2.21. The Labute approximate surface area is 177 Å². The van der Waals surface area contributed by atoms with Gasteiger partial charge in [-0.1, -0.05) is 18.5 Å². The average Bonchev–Trinajstić information content (AvgIpc) is 2.70. The van der Waals surface area contributed by atoms with E-state index >= 15 is 0 Å². The molecule has 0 aliphatic carbocycles. The van der Waals surface area contributed by atoms with E-state index < -0.39 is 0 Å². The summed E-state index contributed by atoms with van der Waals surface area (Å²) < 4.78 is 5.41. The average molecular weight is 420 g/mol. The molecule has 1 aliphatic rings. The summed E-state index contributed by atoms with van der Waals surface area (Å²) in [6, 6.07) is 5.35. The molecule has 0 radical (unpaired) electrons. The van der Waals surface area contributed by atoms with Crippen molar-refractivity contribution in [2.24, 2.45) is 0 Å². The highest BCUT2D eigenvalue weighted by atomic mass is 35.5. The lowest BCUT2D eigenvalue weighted by Crippen LogP contribution is -2.49. The second-order valence-corrected chi connectivity index (χ2v) is 7.91. The van der Waals surface area contributed by atoms with Crippen molar-refractivity contribution in [2.75, 3.05) is 45.8 Å². The van der Waals surface area contributed by atoms with Crippen LogP contribution in [0.2, 0.25) is 5.02 Å². The minimum Gasteiger partial charge on any atom is -0.423 e. The molecule has 1 aromatic heterocycles. The fourth-order valence-electron chi connectivity index (χ4n) is 3.90. The summed E-state index contributed by atoms with van der Waals surface area (Å²) in [6.07, 6.45) is 0.789. The Morgan fingerprint density at radius 3 is 2.31 bits per heavy atom. The molecular weight excluding hydrogens is 390 g/mol. The third-order valence-corrected chi connectivity index (χ3v) is 6.06. The molecule has 0 bridgehead atoms. The van der Waals surface area contributed by atoms with Crippen LogP contribution in [0.5, 0.6) is 0 Å². The lowest BCUT2D eigenvalue weighted by atomic mass is 10.1. The molecule has 2 aromatic rings. The van der Waals surface area contributed by atoms with Gasteiger partial charge in [0.15, 0.2) is 0 Å². The molecule has 0 saturated carbocycles. The highest BCUT2D eigenvalue weighted by molar-refractivity contribution is 6.32. The molecule has 1 fully saturated rings. The molecule has 2 heterocycles. The van der Waals surface area contributed by atoms with Crippen LogP contribution >= 0.6 is 11.6 Å². The smallest absolute Gasteiger partial charge is 0.336 e. The maximum atomic E-state index is 12.3. The molecule has 0 spiro atoms. The predicted molar refractivity (Wildman–Crippen MR) is 117 cm³/mol. The minimum atomic E-state index is -0.333. The number of aryl methyl sites for hydroxylation is 1. The third-order valence-electron chi connectivity index (χ3n) is 5.71. The Bertz CT molecular complexity index is 915. The summed E-state index contributed by atoms with van der Waals surface area (Å²) in [7, 11) is 0. The Kier molecular flexibility index (Phi) is 7.33. The molecule has 158 valence electrons. The summed E-state index contributed by atoms with van der Waals surface area (Å²) in [6.45, 7) is 12.1. The fraction of sp³-hybridized carbons (Fsp3) is 0.545. The van der Waals surface area contributed by atoms with Gasteiger partial charge in [0.05, 0.1) is 6.54 Å². The number of benzene rings is 1. The van der Waals surface area contributed by atoms with Crippen LogP contribution in [0.15, 0.2) is 27.4 Å². The van der Waals surface area contributed by atoms with Gasteiger partial charge < -0.3 is 9.32 Å². The van der Waals surface area contributed by atoms with E-state index in [1.807, 2.05) is 37.8 Å². The number of fused-ring (bicyclic) bond motifs is 1. The quantitative estimate of drug-likeness (QED) is 0.646. The number of amides is 1. The van der Waals surface area contributed by atoms with E-state index in [2.05, 4.69) is 9.80 Å². The molecule has 6 nitrogen and oxygen atoms in total. The van der Waals surface area contributed by atoms with Gasteiger partial charge in [-0.3, -0.25) is 14.6 Å². The first-order chi connectivity index (χ1) is 13.9. The Morgan fingerprint density at radius 2 is 1.69 bits per heavy atom. The molecular formula is C22H30ClN3O3. The van der Waals surface area contributed by atoms with Gasteiger partial charge in [-0.25, -0.2) is 4.79 Å². The standard InChI is InChI=1S/C22H30ClN3O3/c1-4-16-11-20-18(13-19(16)23)17(12-22(28)29-20)14-24-7-9-25(10-8-24)15-21(27)26(5-2)6-3/h11-13H,4-10,14-15H2,1-3H3. The van der Waals surface area contributed by atoms with E-state index in [9.17, 15) is 9.59 Å². The van der Waals surface area contributed by atoms with Gasteiger partial charge in [0.2, 0.25) is 5.91 Å². The van der Waals surface area contributed by atoms with E-state index in [0.29, 0.717) is 23.7 Å². The topological polar surface area (TPSA) is 57.0 Å². The van der Waals surface area contributed by atoms with Crippen LogP contribution in [-0.2, 0) is 17.8 Å². The monoisotopic (exact) mass is 419 g/mol. The summed E-state index contributed by atoms with van der Waals surface area (Å²) >= 11 is 6.40. The van der Waals surface area contributed by atoms with Crippen molar-refractivity contribution in [3.05, 3.63) is 44.8 Å². The van der Waals surface area contributed by atoms with Crippen molar-refractivity contribution in [1.29, 1.82) is 0 Å². The molecule has 7 heteroatoms. The summed E-state index contributed by atoms with van der Waals surface area (Å²) in [4.78, 5) is 30.8. The first-order valence-corrected chi connectivity index (χ1v) is 10.8. The van der Waals surface area contributed by atoms with Crippen LogP contribution in [0, 0.1) is 0 Å². The normalized spacial score (nSPS) is 15.7. The number of halogens is 1. The predicted octanol–water partition coefficient (Wildman–Crippen LogP) is 2.99. The van der Waals surface area contributed by atoms with Crippen molar-refractivity contribution in [3.63, 3.8) is 0 Å². The first kappa shape index (κ1) is 21.8. The molecule has 0 atom stereocenters. The Balaban J connectivity index is 1.67. The lowest BCUT2D eigenvalue weighted by molar-refractivity contribution is -0.132. The SMILES string of the molecule is CCc1cc2oc(=O)cc(CN3CCN(CC(=O)N(CC)CC)CC3)c2cc1Cl. The summed E-state index contributed by atoms with van der Waals surface area (Å²) in [5.74, 6) is 0.191. The summed E-state index contributed by atoms with van der Waals surface area (Å²) in [5, 5.41) is 1.60. The molecule has 3 rings (SSSR count). The van der Waals surface area contributed by atoms with Crippen molar-refractivity contribution >= 4 is 28.5 Å². The van der Waals surface area contributed by atoms with E-state index in [1.165, 1.54) is 0 Å². The second-order valence-electron chi connectivity index (χ2n) is 7.50. The van der Waals surface area contributed by atoms with Crippen LogP contribution in [0.1, 0.15) is 31.9 Å². The van der Waals surface area contributed by atoms with Crippen molar-refractivity contribution in [3.8, 4) is 0 Å². The van der Waals surface area contributed by atoms with Crippen molar-refractivity contribution in [2.45, 2.75) is 33.7 Å². The van der Waals surface area contributed by atoms with Crippen LogP contribution in [0.25, 0.3) is 11.0 Å². The molecule has 0 N–H and O–H groups in total. The molecule has 1 amide bonds. The highest BCUT2D eigenvalue weighted by Crippen LogP contribution is 2.27. The first-order valence-electron chi connectivity index (χ1n) is 10.4. The number of carbonyl (C=O) groups is 1. The van der Waals surface area contributed by atoms with Crippen LogP contribution in [-0.4, -0.2) is 66.4 Å². The van der Waals surface area contributed by atoms with E-state index in [1.54, 1.807) is 6.07 Å². The lowest BCUT2D eigenvalue weighted by Gasteiger charge is -2.35. The van der Waals surface area contributed by atoms with Crippen LogP contribution < -0.4 is 5.63 Å². The zero-order chi connectivity index (χ0) is 21.0. The van der Waals surface area contributed by atoms with Gasteiger partial charge in [0.25, 0.3) is 0 Å². The zero-order valence-corrected chi connectivity index (χ0v) is 18.3. The fourth-order valence-corrected chi connectivity index (χ4v) is 4.20. The largest absolute Gasteiger partial charge is 0.423 e. The maximum Gasteiger partial charge on any atom is 0.336 e.